The van der Waals surface area contributed by atoms with E-state index in [9.17, 15) is 5.11 Å². The first-order valence-corrected chi connectivity index (χ1v) is 6.64. The van der Waals surface area contributed by atoms with Crippen molar-refractivity contribution in [2.24, 2.45) is 0 Å². The van der Waals surface area contributed by atoms with Crippen molar-refractivity contribution < 1.29 is 5.11 Å². The third-order valence-electron chi connectivity index (χ3n) is 2.72. The van der Waals surface area contributed by atoms with Crippen molar-refractivity contribution in [3.63, 3.8) is 0 Å². The highest BCUT2D eigenvalue weighted by atomic mass is 35.5. The van der Waals surface area contributed by atoms with Crippen LogP contribution in [0.25, 0.3) is 5.57 Å². The van der Waals surface area contributed by atoms with Gasteiger partial charge in [0.2, 0.25) is 5.82 Å². The Morgan fingerprint density at radius 1 is 1.57 bits per heavy atom. The Kier molecular flexibility index (Phi) is 4.62. The number of phenolic OH excluding ortho intramolecular Hbond substituents is 1. The minimum absolute atomic E-state index is 0.131. The molecule has 2 rings (SSSR count). The topological polar surface area (TPSA) is 111 Å². The third-order valence-corrected chi connectivity index (χ3v) is 3.46. The summed E-state index contributed by atoms with van der Waals surface area (Å²) in [4.78, 5) is 0. The Labute approximate surface area is 130 Å². The number of aromatic amines is 1. The number of halogens is 2. The number of aromatic nitrogens is 4. The maximum absolute atomic E-state index is 10.0. The number of hydrogen-bond donors (Lipinski definition) is 3. The van der Waals surface area contributed by atoms with Gasteiger partial charge in [0, 0.05) is 11.2 Å². The first-order valence-electron chi connectivity index (χ1n) is 5.88. The van der Waals surface area contributed by atoms with Crippen LogP contribution in [-0.4, -0.2) is 25.7 Å². The van der Waals surface area contributed by atoms with Gasteiger partial charge >= 0.3 is 0 Å². The molecule has 0 saturated carbocycles. The van der Waals surface area contributed by atoms with E-state index in [4.69, 9.17) is 28.5 Å². The van der Waals surface area contributed by atoms with E-state index in [1.807, 2.05) is 13.0 Å². The van der Waals surface area contributed by atoms with Gasteiger partial charge in [-0.25, -0.2) is 0 Å². The van der Waals surface area contributed by atoms with E-state index in [-0.39, 0.29) is 27.9 Å². The quantitative estimate of drug-likeness (QED) is 0.589. The van der Waals surface area contributed by atoms with Gasteiger partial charge in [-0.05, 0) is 23.3 Å². The summed E-state index contributed by atoms with van der Waals surface area (Å²) < 4.78 is 0. The summed E-state index contributed by atoms with van der Waals surface area (Å²) in [5, 5.41) is 35.4. The maximum Gasteiger partial charge on any atom is 0.216 e. The standard InChI is InChI=1S/C12H10Cl2N6O/c1-2-7-8(13)3-9(11(21)10(7)14)16-5-6(4-15)12-17-19-20-18-12/h3,5,16,21H,2H2,1H3,(H,17,18,19,20). The summed E-state index contributed by atoms with van der Waals surface area (Å²) in [5.74, 6) is -0.00793. The molecule has 7 nitrogen and oxygen atoms in total. The molecule has 0 aliphatic carbocycles. The van der Waals surface area contributed by atoms with E-state index < -0.39 is 0 Å². The lowest BCUT2D eigenvalue weighted by molar-refractivity contribution is 0.477. The third kappa shape index (κ3) is 3.07. The normalized spacial score (nSPS) is 11.2. The van der Waals surface area contributed by atoms with E-state index in [0.29, 0.717) is 17.0 Å². The highest BCUT2D eigenvalue weighted by Crippen LogP contribution is 2.39. The average Bonchev–Trinajstić information content (AvgIpc) is 2.99. The molecular weight excluding hydrogens is 315 g/mol. The fourth-order valence-corrected chi connectivity index (χ4v) is 2.38. The Hall–Kier alpha value is -2.30. The molecule has 0 atom stereocenters. The minimum Gasteiger partial charge on any atom is -0.504 e. The molecule has 108 valence electrons. The van der Waals surface area contributed by atoms with Crippen LogP contribution < -0.4 is 5.32 Å². The number of aromatic hydroxyl groups is 1. The zero-order chi connectivity index (χ0) is 15.4. The molecule has 0 radical (unpaired) electrons. The summed E-state index contributed by atoms with van der Waals surface area (Å²) in [5.41, 5.74) is 1.07. The van der Waals surface area contributed by atoms with E-state index >= 15 is 0 Å². The van der Waals surface area contributed by atoms with Crippen molar-refractivity contribution >= 4 is 34.5 Å². The molecule has 0 fully saturated rings. The second-order valence-electron chi connectivity index (χ2n) is 3.95. The van der Waals surface area contributed by atoms with Gasteiger partial charge in [0.05, 0.1) is 10.7 Å². The largest absolute Gasteiger partial charge is 0.504 e. The number of allylic oxidation sites excluding steroid dienone is 1. The molecule has 0 saturated heterocycles. The van der Waals surface area contributed by atoms with Crippen LogP contribution >= 0.6 is 23.2 Å². The molecule has 0 unspecified atom stereocenters. The SMILES string of the molecule is CCc1c(Cl)cc(NC=C(C#N)c2nn[nH]n2)c(O)c1Cl. The predicted octanol–water partition coefficient (Wildman–Crippen LogP) is 2.75. The molecule has 1 aromatic heterocycles. The van der Waals surface area contributed by atoms with Crippen molar-refractivity contribution in [2.75, 3.05) is 5.32 Å². The van der Waals surface area contributed by atoms with Gasteiger partial charge < -0.3 is 10.4 Å². The van der Waals surface area contributed by atoms with Gasteiger partial charge in [0.1, 0.15) is 11.6 Å². The molecule has 0 bridgehead atoms. The molecular formula is C12H10Cl2N6O. The van der Waals surface area contributed by atoms with E-state index in [1.54, 1.807) is 0 Å². The van der Waals surface area contributed by atoms with Gasteiger partial charge in [-0.1, -0.05) is 30.1 Å². The van der Waals surface area contributed by atoms with Crippen molar-refractivity contribution in [1.29, 1.82) is 5.26 Å². The van der Waals surface area contributed by atoms with Crippen LogP contribution in [0, 0.1) is 11.3 Å². The Balaban J connectivity index is 2.35. The van der Waals surface area contributed by atoms with Crippen LogP contribution in [-0.2, 0) is 6.42 Å². The van der Waals surface area contributed by atoms with Crippen LogP contribution in [0.15, 0.2) is 12.3 Å². The van der Waals surface area contributed by atoms with Crippen LogP contribution in [0.4, 0.5) is 5.69 Å². The Morgan fingerprint density at radius 2 is 2.33 bits per heavy atom. The van der Waals surface area contributed by atoms with Gasteiger partial charge in [0.25, 0.3) is 0 Å². The highest BCUT2D eigenvalue weighted by Gasteiger charge is 2.14. The molecule has 0 aliphatic heterocycles. The van der Waals surface area contributed by atoms with Gasteiger partial charge in [-0.15, -0.1) is 10.2 Å². The Morgan fingerprint density at radius 3 is 2.90 bits per heavy atom. The number of benzene rings is 1. The number of tetrazole rings is 1. The molecule has 3 N–H and O–H groups in total. The maximum atomic E-state index is 10.0. The summed E-state index contributed by atoms with van der Waals surface area (Å²) in [6.45, 7) is 1.88. The molecule has 0 spiro atoms. The highest BCUT2D eigenvalue weighted by molar-refractivity contribution is 6.37. The number of nitriles is 1. The van der Waals surface area contributed by atoms with Crippen LogP contribution in [0.3, 0.4) is 0 Å². The smallest absolute Gasteiger partial charge is 0.216 e. The van der Waals surface area contributed by atoms with E-state index in [0.717, 1.165) is 0 Å². The number of anilines is 1. The van der Waals surface area contributed by atoms with E-state index in [1.165, 1.54) is 12.3 Å². The Bertz CT molecular complexity index is 720. The fraction of sp³-hybridized carbons (Fsp3) is 0.167. The number of H-pyrrole nitrogens is 1. The van der Waals surface area contributed by atoms with Crippen LogP contribution in [0.2, 0.25) is 10.0 Å². The average molecular weight is 325 g/mol. The van der Waals surface area contributed by atoms with Crippen LogP contribution in [0.1, 0.15) is 18.3 Å². The molecule has 9 heteroatoms. The van der Waals surface area contributed by atoms with Crippen molar-refractivity contribution in [1.82, 2.24) is 20.6 Å². The van der Waals surface area contributed by atoms with Gasteiger partial charge in [-0.2, -0.15) is 10.5 Å². The molecule has 2 aromatic rings. The fourth-order valence-electron chi connectivity index (χ4n) is 1.65. The molecule has 0 aliphatic rings. The minimum atomic E-state index is -0.139. The number of rotatable bonds is 4. The lowest BCUT2D eigenvalue weighted by atomic mass is 10.1. The summed E-state index contributed by atoms with van der Waals surface area (Å²) in [6, 6.07) is 3.44. The van der Waals surface area contributed by atoms with Crippen molar-refractivity contribution in [2.45, 2.75) is 13.3 Å². The zero-order valence-electron chi connectivity index (χ0n) is 10.9. The lowest BCUT2D eigenvalue weighted by Crippen LogP contribution is -1.95. The van der Waals surface area contributed by atoms with E-state index in [2.05, 4.69) is 25.9 Å². The number of phenols is 1. The second-order valence-corrected chi connectivity index (χ2v) is 4.74. The van der Waals surface area contributed by atoms with Gasteiger partial charge in [0.15, 0.2) is 5.75 Å². The number of nitrogens with zero attached hydrogens (tertiary/aromatic N) is 4. The summed E-state index contributed by atoms with van der Waals surface area (Å²) >= 11 is 12.1. The van der Waals surface area contributed by atoms with Crippen molar-refractivity contribution in [3.8, 4) is 11.8 Å². The molecule has 0 amide bonds. The zero-order valence-corrected chi connectivity index (χ0v) is 12.4. The van der Waals surface area contributed by atoms with Gasteiger partial charge in [-0.3, -0.25) is 0 Å². The summed E-state index contributed by atoms with van der Waals surface area (Å²) in [6.07, 6.45) is 1.92. The number of nitrogens with one attached hydrogen (secondary N) is 2. The molecule has 21 heavy (non-hydrogen) atoms. The lowest BCUT2D eigenvalue weighted by Gasteiger charge is -2.11. The molecule has 1 aromatic carbocycles. The summed E-state index contributed by atoms with van der Waals surface area (Å²) in [7, 11) is 0. The number of hydrogen-bond acceptors (Lipinski definition) is 6. The molecule has 1 heterocycles. The first-order chi connectivity index (χ1) is 10.1. The van der Waals surface area contributed by atoms with Crippen molar-refractivity contribution in [3.05, 3.63) is 33.7 Å². The first kappa shape index (κ1) is 15.1. The second kappa shape index (κ2) is 6.43. The monoisotopic (exact) mass is 324 g/mol. The van der Waals surface area contributed by atoms with Crippen LogP contribution in [0.5, 0.6) is 5.75 Å². The predicted molar refractivity (Wildman–Crippen MR) is 78.9 cm³/mol.